The maximum atomic E-state index is 12.8. The van der Waals surface area contributed by atoms with Gasteiger partial charge in [-0.25, -0.2) is 13.2 Å². The summed E-state index contributed by atoms with van der Waals surface area (Å²) < 4.78 is 38.7. The lowest BCUT2D eigenvalue weighted by molar-refractivity contribution is -0.115. The van der Waals surface area contributed by atoms with Crippen LogP contribution in [0.2, 0.25) is 0 Å². The van der Waals surface area contributed by atoms with Crippen LogP contribution in [0.25, 0.3) is 0 Å². The Morgan fingerprint density at radius 1 is 1.09 bits per heavy atom. The van der Waals surface area contributed by atoms with Gasteiger partial charge in [-0.1, -0.05) is 22.7 Å². The van der Waals surface area contributed by atoms with Gasteiger partial charge in [0.15, 0.2) is 3.92 Å². The third-order valence-electron chi connectivity index (χ3n) is 5.21. The number of fused-ring (bicyclic) bond motifs is 1. The van der Waals surface area contributed by atoms with E-state index in [2.05, 4.69) is 62.9 Å². The van der Waals surface area contributed by atoms with Crippen LogP contribution in [-0.2, 0) is 29.1 Å². The predicted octanol–water partition coefficient (Wildman–Crippen LogP) is 4.44. The average Bonchev–Trinajstić information content (AvgIpc) is 3.69. The summed E-state index contributed by atoms with van der Waals surface area (Å²) in [5.74, 6) is -0.254. The molecule has 4 rings (SSSR count). The standard InChI is InChI=1S/C14H21BrN2O5S2.C4H4BrN3OS.C4H5N3OS/c1-4-17(14(18)22-3)11-9-16(6-5-7-21-2)24(19,20)13-10(11)8-12(15)23-13;1-2(9)6-4-8-7-3(5)10-4;1-3(8)6-4-7-5-2-9-4/h8,11H,4-7,9H2,1-3H3;1H3,(H,6,8,9);2H,1H3,(H,6,7,8)/t11-;;/m0../s1. The van der Waals surface area contributed by atoms with E-state index in [0.717, 1.165) is 3.79 Å². The second-order valence-electron chi connectivity index (χ2n) is 8.24. The van der Waals surface area contributed by atoms with Crippen LogP contribution in [0.4, 0.5) is 15.1 Å². The number of halogens is 2. The summed E-state index contributed by atoms with van der Waals surface area (Å²) in [6.07, 6.45) is 0.126. The number of sulfonamides is 1. The number of ether oxygens (including phenoxy) is 2. The molecule has 0 unspecified atom stereocenters. The van der Waals surface area contributed by atoms with Crippen LogP contribution in [0.3, 0.4) is 0 Å². The van der Waals surface area contributed by atoms with E-state index < -0.39 is 16.1 Å². The molecule has 0 saturated heterocycles. The topological polar surface area (TPSA) is 186 Å². The number of amides is 3. The third-order valence-corrected chi connectivity index (χ3v) is 11.1. The number of hydrogen-bond acceptors (Lipinski definition) is 14. The van der Waals surface area contributed by atoms with Crippen molar-refractivity contribution in [2.45, 2.75) is 37.4 Å². The minimum Gasteiger partial charge on any atom is -0.453 e. The largest absolute Gasteiger partial charge is 0.453 e. The number of carbonyl (C=O) groups excluding carboxylic acids is 3. The zero-order chi connectivity index (χ0) is 32.2. The van der Waals surface area contributed by atoms with Gasteiger partial charge in [-0.2, -0.15) is 4.31 Å². The fraction of sp³-hybridized carbons (Fsp3) is 0.500. The maximum Gasteiger partial charge on any atom is 0.410 e. The Labute approximate surface area is 277 Å². The highest BCUT2D eigenvalue weighted by atomic mass is 79.9. The van der Waals surface area contributed by atoms with Crippen molar-refractivity contribution in [3.05, 3.63) is 24.8 Å². The molecule has 0 radical (unpaired) electrons. The van der Waals surface area contributed by atoms with Gasteiger partial charge < -0.3 is 25.0 Å². The molecule has 238 valence electrons. The number of carbonyl (C=O) groups is 3. The number of aromatic nitrogens is 4. The van der Waals surface area contributed by atoms with Crippen molar-refractivity contribution < 1.29 is 32.3 Å². The minimum absolute atomic E-state index is 0.119. The van der Waals surface area contributed by atoms with Gasteiger partial charge in [0.25, 0.3) is 10.0 Å². The number of nitrogens with zero attached hydrogens (tertiary/aromatic N) is 6. The number of nitrogens with one attached hydrogen (secondary N) is 2. The molecule has 1 aliphatic heterocycles. The molecule has 0 fully saturated rings. The number of anilines is 2. The van der Waals surface area contributed by atoms with E-state index in [0.29, 0.717) is 45.9 Å². The zero-order valence-electron chi connectivity index (χ0n) is 23.7. The molecule has 1 aliphatic rings. The predicted molar refractivity (Wildman–Crippen MR) is 171 cm³/mol. The zero-order valence-corrected chi connectivity index (χ0v) is 30.1. The molecule has 3 aromatic rings. The molecule has 0 bridgehead atoms. The summed E-state index contributed by atoms with van der Waals surface area (Å²) in [5.41, 5.74) is 2.20. The number of methoxy groups -OCH3 is 2. The fourth-order valence-electron chi connectivity index (χ4n) is 3.54. The normalized spacial score (nSPS) is 15.1. The molecule has 15 nitrogen and oxygen atoms in total. The molecule has 3 amide bonds. The molecule has 2 N–H and O–H groups in total. The molecule has 0 aromatic carbocycles. The molecule has 0 saturated carbocycles. The summed E-state index contributed by atoms with van der Waals surface area (Å²) in [6, 6.07) is 1.41. The number of likely N-dealkylation sites (N-methyl/N-ethyl adjacent to an activating group) is 1. The van der Waals surface area contributed by atoms with Crippen LogP contribution < -0.4 is 10.6 Å². The van der Waals surface area contributed by atoms with Crippen molar-refractivity contribution in [2.75, 3.05) is 51.1 Å². The molecule has 1 atom stereocenters. The van der Waals surface area contributed by atoms with Gasteiger partial charge in [-0.15, -0.1) is 31.7 Å². The highest BCUT2D eigenvalue weighted by Crippen LogP contribution is 2.42. The van der Waals surface area contributed by atoms with Crippen molar-refractivity contribution in [1.29, 1.82) is 0 Å². The number of rotatable bonds is 8. The summed E-state index contributed by atoms with van der Waals surface area (Å²) in [7, 11) is -0.656. The second-order valence-corrected chi connectivity index (χ2v) is 15.9. The molecule has 21 heteroatoms. The van der Waals surface area contributed by atoms with Crippen LogP contribution in [0.5, 0.6) is 0 Å². The molecule has 0 aliphatic carbocycles. The van der Waals surface area contributed by atoms with E-state index in [-0.39, 0.29) is 28.6 Å². The minimum atomic E-state index is -3.56. The first kappa shape index (κ1) is 37.0. The van der Waals surface area contributed by atoms with Crippen LogP contribution in [0.15, 0.2) is 23.5 Å². The highest BCUT2D eigenvalue weighted by molar-refractivity contribution is 9.11. The number of hydrogen-bond donors (Lipinski definition) is 2. The van der Waals surface area contributed by atoms with E-state index in [9.17, 15) is 22.8 Å². The molecule has 43 heavy (non-hydrogen) atoms. The monoisotopic (exact) mass is 804 g/mol. The van der Waals surface area contributed by atoms with Crippen LogP contribution in [-0.4, -0.2) is 96.4 Å². The van der Waals surface area contributed by atoms with Crippen molar-refractivity contribution in [3.8, 4) is 0 Å². The van der Waals surface area contributed by atoms with Gasteiger partial charge in [0.2, 0.25) is 22.1 Å². The highest BCUT2D eigenvalue weighted by Gasteiger charge is 2.42. The Morgan fingerprint density at radius 2 is 1.77 bits per heavy atom. The first-order chi connectivity index (χ1) is 20.3. The smallest absolute Gasteiger partial charge is 0.410 e. The summed E-state index contributed by atoms with van der Waals surface area (Å²) in [6.45, 7) is 6.17. The van der Waals surface area contributed by atoms with Crippen molar-refractivity contribution in [3.63, 3.8) is 0 Å². The summed E-state index contributed by atoms with van der Waals surface area (Å²) in [4.78, 5) is 34.4. The van der Waals surface area contributed by atoms with Gasteiger partial charge in [0.1, 0.15) is 9.72 Å². The Balaban J connectivity index is 0.000000276. The van der Waals surface area contributed by atoms with E-state index in [1.807, 2.05) is 6.92 Å². The third kappa shape index (κ3) is 11.4. The van der Waals surface area contributed by atoms with E-state index in [4.69, 9.17) is 9.47 Å². The molecular formula is C22H30Br2N8O7S4. The Kier molecular flexibility index (Phi) is 15.5. The van der Waals surface area contributed by atoms with Gasteiger partial charge in [-0.3, -0.25) is 9.59 Å². The quantitative estimate of drug-likeness (QED) is 0.307. The van der Waals surface area contributed by atoms with Gasteiger partial charge in [-0.05, 0) is 51.3 Å². The first-order valence-corrected chi connectivity index (χ1v) is 17.8. The average molecular weight is 807 g/mol. The Morgan fingerprint density at radius 3 is 2.28 bits per heavy atom. The van der Waals surface area contributed by atoms with E-state index in [1.165, 1.54) is 59.3 Å². The van der Waals surface area contributed by atoms with Gasteiger partial charge >= 0.3 is 6.09 Å². The van der Waals surface area contributed by atoms with Crippen LogP contribution in [0.1, 0.15) is 38.8 Å². The summed E-state index contributed by atoms with van der Waals surface area (Å²) >= 11 is 10.2. The summed E-state index contributed by atoms with van der Waals surface area (Å²) in [5, 5.41) is 20.5. The molecule has 0 spiro atoms. The van der Waals surface area contributed by atoms with E-state index in [1.54, 1.807) is 23.6 Å². The Hall–Kier alpha value is -2.14. The Bertz CT molecular complexity index is 1450. The first-order valence-electron chi connectivity index (χ1n) is 12.3. The van der Waals surface area contributed by atoms with Crippen LogP contribution in [0, 0.1) is 0 Å². The maximum absolute atomic E-state index is 12.8. The number of thiophene rings is 1. The SMILES string of the molecule is CC(=O)Nc1nnc(Br)s1.CC(=O)Nc1nncs1.CCN(C(=O)OC)[C@H]1CN(CCCOC)S(=O)(=O)c2sc(Br)cc21. The fourth-order valence-corrected chi connectivity index (χ4v) is 9.26. The second kappa shape index (κ2) is 18.0. The lowest BCUT2D eigenvalue weighted by Crippen LogP contribution is -2.47. The van der Waals surface area contributed by atoms with Crippen molar-refractivity contribution in [1.82, 2.24) is 29.6 Å². The van der Waals surface area contributed by atoms with E-state index >= 15 is 0 Å². The van der Waals surface area contributed by atoms with Gasteiger partial charge in [0, 0.05) is 52.8 Å². The molecule has 4 heterocycles. The van der Waals surface area contributed by atoms with Gasteiger partial charge in [0.05, 0.1) is 16.9 Å². The molecule has 3 aromatic heterocycles. The van der Waals surface area contributed by atoms with Crippen molar-refractivity contribution in [2.24, 2.45) is 0 Å². The molecular weight excluding hydrogens is 776 g/mol. The van der Waals surface area contributed by atoms with Crippen molar-refractivity contribution >= 4 is 104 Å². The lowest BCUT2D eigenvalue weighted by atomic mass is 10.1. The van der Waals surface area contributed by atoms with Crippen LogP contribution >= 0.6 is 65.9 Å². The lowest BCUT2D eigenvalue weighted by Gasteiger charge is -2.37.